The van der Waals surface area contributed by atoms with Crippen molar-refractivity contribution in [3.05, 3.63) is 0 Å². The molecule has 1 aliphatic carbocycles. The summed E-state index contributed by atoms with van der Waals surface area (Å²) < 4.78 is 0. The quantitative estimate of drug-likeness (QED) is 0.0268. The number of aliphatic carboxylic acids is 9. The van der Waals surface area contributed by atoms with Gasteiger partial charge in [-0.15, -0.1) is 0 Å². The molecule has 0 heterocycles. The van der Waals surface area contributed by atoms with Crippen LogP contribution < -0.4 is 5.73 Å². The van der Waals surface area contributed by atoms with Gasteiger partial charge in [0.2, 0.25) is 0 Å². The van der Waals surface area contributed by atoms with Gasteiger partial charge in [0.05, 0.1) is 43.7 Å². The normalized spacial score (nSPS) is 16.2. The summed E-state index contributed by atoms with van der Waals surface area (Å²) in [6.07, 6.45) is -13.4. The first-order valence-electron chi connectivity index (χ1n) is 29.3. The molecule has 44 heteroatoms. The molecule has 1 aliphatic rings. The van der Waals surface area contributed by atoms with Crippen LogP contribution >= 0.6 is 0 Å². The van der Waals surface area contributed by atoms with Crippen molar-refractivity contribution in [3.8, 4) is 0 Å². The van der Waals surface area contributed by atoms with Crippen molar-refractivity contribution >= 4 is 122 Å². The van der Waals surface area contributed by atoms with Crippen molar-refractivity contribution in [2.75, 3.05) is 19.8 Å². The van der Waals surface area contributed by atoms with E-state index in [1.165, 1.54) is 69.2 Å². The number of aliphatic hydroxyl groups excluding tert-OH is 13. The van der Waals surface area contributed by atoms with Gasteiger partial charge < -0.3 is 123 Å². The van der Waals surface area contributed by atoms with E-state index in [9.17, 15) is 92.0 Å². The number of hydrogen-bond donors (Lipinski definition) is 25. The van der Waals surface area contributed by atoms with Crippen LogP contribution in [0.5, 0.6) is 0 Å². The molecule has 0 aromatic rings. The van der Waals surface area contributed by atoms with Crippen molar-refractivity contribution in [1.82, 2.24) is 0 Å². The molecule has 43 nitrogen and oxygen atoms in total. The number of carbonyl (C=O) groups excluding carboxylic acids is 9. The zero-order valence-corrected chi connectivity index (χ0v) is 60.9. The van der Waals surface area contributed by atoms with Gasteiger partial charge >= 0.3 is 104 Å². The third kappa shape index (κ3) is 101. The molecule has 0 aromatic carbocycles. The number of carboxylic acids is 9. The Bertz CT molecular complexity index is 2440. The van der Waals surface area contributed by atoms with Gasteiger partial charge in [0.1, 0.15) is 54.0 Å². The summed E-state index contributed by atoms with van der Waals surface area (Å²) in [6, 6.07) is -0.264. The molecule has 1 fully saturated rings. The number of rotatable bonds is 27. The SMILES string of the molecule is CC(=O)C(O)CC(=O)O.CC(=O)C1(O)C[C@@H](O)C(O)[C@H](O)C1.CC(=O)CC(C)O.CC(=O)CCO.CC(=O)CO.CC(=O)[C@@H](C)O.CC(=O)[C@H](C)O.CC(=O)[C@H](N)C[SeH].CCC(O)CC(C)=O.O=C(O)C(=O)O.O=C(O)C(O)C(O)C(=O)O.O=C(O)CC(O)(CC(=O)O)C(=O)O.O=C(O)CCCO. The van der Waals surface area contributed by atoms with Gasteiger partial charge in [0.25, 0.3) is 0 Å². The summed E-state index contributed by atoms with van der Waals surface area (Å²) in [4.78, 5) is 179. The summed E-state index contributed by atoms with van der Waals surface area (Å²) in [6.45, 7) is 18.2. The number of ketones is 9. The molecule has 0 bridgehead atoms. The Morgan fingerprint density at radius 3 is 0.913 bits per heavy atom. The fourth-order valence-electron chi connectivity index (χ4n) is 4.26. The number of hydrogen-bond acceptors (Lipinski definition) is 34. The largest absolute Gasteiger partial charge is 0.481 e. The number of carbonyl (C=O) groups is 18. The number of Topliss-reactive ketones (excluding diaryl/α,β-unsaturated/α-hetero) is 9. The summed E-state index contributed by atoms with van der Waals surface area (Å²) in [5.41, 5.74) is 0.816. The molecule has 1 saturated carbocycles. The Hall–Kier alpha value is -7.86. The summed E-state index contributed by atoms with van der Waals surface area (Å²) in [5.74, 6) is -15.6. The van der Waals surface area contributed by atoms with E-state index in [-0.39, 0.29) is 92.0 Å². The third-order valence-corrected chi connectivity index (χ3v) is 11.2. The van der Waals surface area contributed by atoms with E-state index in [4.69, 9.17) is 123 Å². The first-order chi connectivity index (χ1) is 46.4. The van der Waals surface area contributed by atoms with Gasteiger partial charge in [-0.2, -0.15) is 0 Å². The molecule has 0 radical (unpaired) electrons. The van der Waals surface area contributed by atoms with Gasteiger partial charge in [-0.3, -0.25) is 57.5 Å². The van der Waals surface area contributed by atoms with E-state index in [0.717, 1.165) is 6.92 Å². The Kier molecular flexibility index (Phi) is 85.8. The first-order valence-corrected chi connectivity index (χ1v) is 30.7. The molecule has 1 rings (SSSR count). The maximum Gasteiger partial charge on any atom is 0.414 e. The molecule has 10 atom stereocenters. The standard InChI is InChI=1S/C8H14O5.C6H8O7.C6H12O2.C5H8O4.C5H10O2.C4H9NOSe.C4H6O6.C4H8O3.3C4H8O2.C3H6O2.C2H2O4/c1-4(9)8(13)2-5(10)7(12)6(11)3-8;7-3(8)1-6(13,5(11)12)2-4(9)10;1-3-6(8)4-5(2)7;1-3(6)4(7)2-5(8)9;1-4(6)3-5(2)7;1-3(6)4(5)2-7;5-1(3(7)8)2(6)4(9)10;5-3-1-2-4(6)7;1-4(6)2-3-5;2*1-3(5)4(2)6;1-3(5)2-4;3-1(4)2(5)6/h5-7,10-13H,2-3H2,1H3;13H,1-2H2,(H,7,8)(H,9,10)(H,11,12);6,8H,3-4H2,1-2H3;4,7H,2H2,1H3,(H,8,9);4,6H,3H2,1-2H3;4,7H,2,5H2,1H3;1-2,5-6H,(H,7,8)(H,9,10);5H,1-3H2,(H,6,7);5H,2-3H2,1H3;2*3,5H,1-2H3;4H,2H2,1H3;(H,3,4)(H,5,6)/t5-,6-,7?,8?;;;;;4-;;;;2*3-;;/m1....1...10../s1. The Morgan fingerprint density at radius 2 is 0.816 bits per heavy atom. The second-order valence-electron chi connectivity index (χ2n) is 21.0. The molecule has 0 aromatic heterocycles. The van der Waals surface area contributed by atoms with Crippen LogP contribution in [0.4, 0.5) is 0 Å². The van der Waals surface area contributed by atoms with Crippen LogP contribution in [-0.4, -0.2) is 342 Å². The average molecular weight is 1580 g/mol. The van der Waals surface area contributed by atoms with E-state index >= 15 is 0 Å². The Labute approximate surface area is 598 Å². The van der Waals surface area contributed by atoms with Crippen LogP contribution in [0.2, 0.25) is 5.32 Å². The molecule has 5 unspecified atom stereocenters. The van der Waals surface area contributed by atoms with Crippen molar-refractivity contribution < 1.29 is 209 Å². The Balaban J connectivity index is -0.0000000881. The van der Waals surface area contributed by atoms with Crippen LogP contribution in [0.1, 0.15) is 161 Å². The predicted octanol–water partition coefficient (Wildman–Crippen LogP) is -7.04. The van der Waals surface area contributed by atoms with Crippen molar-refractivity contribution in [1.29, 1.82) is 0 Å². The fourth-order valence-corrected chi connectivity index (χ4v) is 4.80. The zero-order valence-electron chi connectivity index (χ0n) is 59.1. The summed E-state index contributed by atoms with van der Waals surface area (Å²) in [5, 5.41) is 201. The van der Waals surface area contributed by atoms with Crippen LogP contribution in [0.25, 0.3) is 0 Å². The van der Waals surface area contributed by atoms with Gasteiger partial charge in [-0.1, -0.05) is 6.92 Å². The minimum Gasteiger partial charge on any atom is -0.481 e. The number of nitrogens with two attached hydrogens (primary N) is 1. The molecule has 0 aliphatic heterocycles. The van der Waals surface area contributed by atoms with Crippen molar-refractivity contribution in [2.24, 2.45) is 5.73 Å². The second-order valence-corrected chi connectivity index (χ2v) is 21.7. The first kappa shape index (κ1) is 122. The molecule has 26 N–H and O–H groups in total. The monoisotopic (exact) mass is 1580 g/mol. The zero-order chi connectivity index (χ0) is 85.3. The maximum absolute atomic E-state index is 11.0. The predicted molar refractivity (Wildman–Crippen MR) is 349 cm³/mol. The minimum atomic E-state index is -2.74. The summed E-state index contributed by atoms with van der Waals surface area (Å²) >= 11 is 2.29. The molecule has 0 saturated heterocycles. The average Bonchev–Trinajstić information content (AvgIpc) is 0.805. The molecule has 0 spiro atoms. The van der Waals surface area contributed by atoms with Crippen LogP contribution in [0.3, 0.4) is 0 Å². The Morgan fingerprint density at radius 1 is 0.485 bits per heavy atom. The molecular weight excluding hydrogens is 1470 g/mol. The van der Waals surface area contributed by atoms with Crippen LogP contribution in [-0.2, 0) is 86.3 Å². The van der Waals surface area contributed by atoms with E-state index in [1.807, 2.05) is 6.92 Å². The molecule has 606 valence electrons. The van der Waals surface area contributed by atoms with E-state index in [2.05, 4.69) is 16.0 Å². The summed E-state index contributed by atoms with van der Waals surface area (Å²) in [7, 11) is 0. The molecular formula is C59H107NO42Se. The maximum atomic E-state index is 11.0. The van der Waals surface area contributed by atoms with E-state index < -0.39 is 157 Å². The topological polar surface area (TPSA) is 819 Å². The number of aliphatic hydroxyl groups is 15. The minimum absolute atomic E-state index is 0.0185. The van der Waals surface area contributed by atoms with Gasteiger partial charge in [-0.05, 0) is 89.0 Å². The van der Waals surface area contributed by atoms with Crippen LogP contribution in [0, 0.1) is 0 Å². The van der Waals surface area contributed by atoms with E-state index in [0.29, 0.717) is 31.0 Å². The smallest absolute Gasteiger partial charge is 0.414 e. The van der Waals surface area contributed by atoms with Gasteiger partial charge in [-0.25, -0.2) is 24.0 Å². The fraction of sp³-hybridized carbons (Fsp3) is 0.695. The van der Waals surface area contributed by atoms with Crippen molar-refractivity contribution in [2.45, 2.75) is 244 Å². The van der Waals surface area contributed by atoms with Crippen molar-refractivity contribution in [3.63, 3.8) is 0 Å². The van der Waals surface area contributed by atoms with Crippen LogP contribution in [0.15, 0.2) is 0 Å². The van der Waals surface area contributed by atoms with E-state index in [1.54, 1.807) is 6.92 Å². The molecule has 103 heavy (non-hydrogen) atoms. The van der Waals surface area contributed by atoms with Gasteiger partial charge in [0.15, 0.2) is 46.7 Å². The second kappa shape index (κ2) is 72.5. The number of carboxylic acid groups (broad SMARTS) is 9. The molecule has 0 amide bonds. The van der Waals surface area contributed by atoms with Gasteiger partial charge in [0, 0.05) is 51.7 Å². The third-order valence-electron chi connectivity index (χ3n) is 10.4.